The third-order valence-corrected chi connectivity index (χ3v) is 7.51. The number of piperidine rings is 1. The molecule has 31 heavy (non-hydrogen) atoms. The predicted molar refractivity (Wildman–Crippen MR) is 122 cm³/mol. The number of fused-ring (bicyclic) bond motifs is 4. The smallest absolute Gasteiger partial charge is 0.270 e. The molecule has 2 unspecified atom stereocenters. The molecule has 0 radical (unpaired) electrons. The largest absolute Gasteiger partial charge is 0.508 e. The second-order valence-electron chi connectivity index (χ2n) is 9.03. The first-order valence-electron chi connectivity index (χ1n) is 10.8. The molecule has 2 aromatic carbocycles. The zero-order valence-corrected chi connectivity index (χ0v) is 17.8. The SMILES string of the molecule is C=CCN1CCC2(c3cccc(O)c3)Cc3c(c4cc([N+](=O)[O-])ccc4n3C)CC2C1. The topological polar surface area (TPSA) is 71.5 Å². The number of aromatic hydroxyl groups is 1. The van der Waals surface area contributed by atoms with Crippen molar-refractivity contribution in [2.75, 3.05) is 19.6 Å². The van der Waals surface area contributed by atoms with Crippen LogP contribution in [0.5, 0.6) is 5.75 Å². The normalized spacial score (nSPS) is 23.3. The van der Waals surface area contributed by atoms with Crippen molar-refractivity contribution < 1.29 is 10.0 Å². The fraction of sp³-hybridized carbons (Fsp3) is 0.360. The predicted octanol–water partition coefficient (Wildman–Crippen LogP) is 4.34. The Morgan fingerprint density at radius 3 is 2.90 bits per heavy atom. The average molecular weight is 418 g/mol. The minimum absolute atomic E-state index is 0.0581. The van der Waals surface area contributed by atoms with Gasteiger partial charge in [0.25, 0.3) is 5.69 Å². The van der Waals surface area contributed by atoms with Gasteiger partial charge in [0.1, 0.15) is 5.75 Å². The second-order valence-corrected chi connectivity index (χ2v) is 9.03. The molecule has 0 amide bonds. The van der Waals surface area contributed by atoms with E-state index in [2.05, 4.69) is 29.2 Å². The Hall–Kier alpha value is -3.12. The van der Waals surface area contributed by atoms with Crippen LogP contribution in [0.3, 0.4) is 0 Å². The van der Waals surface area contributed by atoms with Gasteiger partial charge in [-0.1, -0.05) is 18.2 Å². The number of hydrogen-bond acceptors (Lipinski definition) is 4. The third kappa shape index (κ3) is 3.05. The quantitative estimate of drug-likeness (QED) is 0.389. The second kappa shape index (κ2) is 7.24. The molecule has 2 atom stereocenters. The van der Waals surface area contributed by atoms with Crippen molar-refractivity contribution in [1.29, 1.82) is 0 Å². The number of likely N-dealkylation sites (tertiary alicyclic amines) is 1. The number of nitro groups is 1. The monoisotopic (exact) mass is 417 g/mol. The number of hydrogen-bond donors (Lipinski definition) is 1. The van der Waals surface area contributed by atoms with Crippen LogP contribution in [0.4, 0.5) is 5.69 Å². The summed E-state index contributed by atoms with van der Waals surface area (Å²) in [4.78, 5) is 13.5. The lowest BCUT2D eigenvalue weighted by molar-refractivity contribution is -0.384. The first-order valence-corrected chi connectivity index (χ1v) is 10.8. The van der Waals surface area contributed by atoms with Crippen LogP contribution in [0.2, 0.25) is 0 Å². The maximum Gasteiger partial charge on any atom is 0.270 e. The van der Waals surface area contributed by atoms with Crippen LogP contribution in [0.15, 0.2) is 55.1 Å². The molecule has 6 heteroatoms. The minimum atomic E-state index is -0.314. The number of rotatable bonds is 4. The summed E-state index contributed by atoms with van der Waals surface area (Å²) in [5, 5.41) is 22.6. The van der Waals surface area contributed by atoms with E-state index in [1.807, 2.05) is 24.3 Å². The van der Waals surface area contributed by atoms with Crippen LogP contribution >= 0.6 is 0 Å². The summed E-state index contributed by atoms with van der Waals surface area (Å²) in [5.74, 6) is 0.665. The Morgan fingerprint density at radius 1 is 1.32 bits per heavy atom. The van der Waals surface area contributed by atoms with Crippen LogP contribution in [-0.4, -0.2) is 39.1 Å². The van der Waals surface area contributed by atoms with Crippen LogP contribution in [-0.2, 0) is 25.3 Å². The lowest BCUT2D eigenvalue weighted by Gasteiger charge is -2.51. The number of phenols is 1. The zero-order valence-electron chi connectivity index (χ0n) is 17.8. The van der Waals surface area contributed by atoms with E-state index >= 15 is 0 Å². The Morgan fingerprint density at radius 2 is 2.16 bits per heavy atom. The molecule has 160 valence electrons. The Labute approximate surface area is 181 Å². The Bertz CT molecular complexity index is 1200. The molecule has 1 N–H and O–H groups in total. The van der Waals surface area contributed by atoms with E-state index in [1.54, 1.807) is 18.2 Å². The van der Waals surface area contributed by atoms with Crippen LogP contribution in [0.1, 0.15) is 23.2 Å². The van der Waals surface area contributed by atoms with Crippen molar-refractivity contribution in [3.8, 4) is 5.75 Å². The van der Waals surface area contributed by atoms with Crippen molar-refractivity contribution in [3.63, 3.8) is 0 Å². The van der Waals surface area contributed by atoms with Crippen molar-refractivity contribution >= 4 is 16.6 Å². The molecular weight excluding hydrogens is 390 g/mol. The molecule has 2 heterocycles. The lowest BCUT2D eigenvalue weighted by Crippen LogP contribution is -2.53. The number of benzene rings is 2. The van der Waals surface area contributed by atoms with Gasteiger partial charge in [-0.3, -0.25) is 15.0 Å². The molecule has 0 bridgehead atoms. The number of nitro benzene ring substituents is 1. The van der Waals surface area contributed by atoms with E-state index in [0.717, 1.165) is 49.8 Å². The van der Waals surface area contributed by atoms with Crippen LogP contribution < -0.4 is 0 Å². The van der Waals surface area contributed by atoms with Gasteiger partial charge < -0.3 is 9.67 Å². The van der Waals surface area contributed by atoms with E-state index in [4.69, 9.17) is 0 Å². The Kier molecular flexibility index (Phi) is 4.63. The number of phenolic OH excluding ortho intramolecular Hbond substituents is 1. The summed E-state index contributed by atoms with van der Waals surface area (Å²) >= 11 is 0. The highest BCUT2D eigenvalue weighted by molar-refractivity contribution is 5.88. The number of aromatic nitrogens is 1. The van der Waals surface area contributed by atoms with Gasteiger partial charge in [0.15, 0.2) is 0 Å². The van der Waals surface area contributed by atoms with E-state index in [-0.39, 0.29) is 16.0 Å². The summed E-state index contributed by atoms with van der Waals surface area (Å²) in [6.07, 6.45) is 4.71. The standard InChI is InChI=1S/C25H27N3O3/c1-3-10-27-11-9-25(17-5-4-6-20(29)12-17)15-24-21(13-18(25)16-27)22-14-19(28(30)31)7-8-23(22)26(24)2/h3-8,12,14,18,29H,1,9-11,13,15-16H2,2H3. The van der Waals surface area contributed by atoms with Crippen LogP contribution in [0.25, 0.3) is 10.9 Å². The molecular formula is C25H27N3O3. The van der Waals surface area contributed by atoms with Gasteiger partial charge in [-0.15, -0.1) is 6.58 Å². The molecule has 1 fully saturated rings. The Balaban J connectivity index is 1.68. The van der Waals surface area contributed by atoms with Gasteiger partial charge in [-0.25, -0.2) is 0 Å². The van der Waals surface area contributed by atoms with Gasteiger partial charge in [-0.05, 0) is 61.1 Å². The third-order valence-electron chi connectivity index (χ3n) is 7.51. The summed E-state index contributed by atoms with van der Waals surface area (Å²) in [5.41, 5.74) is 4.82. The van der Waals surface area contributed by atoms with Gasteiger partial charge in [0.2, 0.25) is 0 Å². The van der Waals surface area contributed by atoms with E-state index in [9.17, 15) is 15.2 Å². The maximum absolute atomic E-state index is 11.4. The van der Waals surface area contributed by atoms with E-state index in [0.29, 0.717) is 11.7 Å². The average Bonchev–Trinajstić information content (AvgIpc) is 3.03. The summed E-state index contributed by atoms with van der Waals surface area (Å²) < 4.78 is 2.21. The first kappa shape index (κ1) is 19.8. The summed E-state index contributed by atoms with van der Waals surface area (Å²) in [7, 11) is 2.07. The molecule has 3 aromatic rings. The van der Waals surface area contributed by atoms with Crippen LogP contribution in [0, 0.1) is 16.0 Å². The molecule has 1 saturated heterocycles. The number of non-ortho nitro benzene ring substituents is 1. The fourth-order valence-electron chi connectivity index (χ4n) is 5.95. The van der Waals surface area contributed by atoms with Gasteiger partial charge in [-0.2, -0.15) is 0 Å². The molecule has 1 aliphatic heterocycles. The number of aryl methyl sites for hydroxylation is 1. The molecule has 2 aliphatic rings. The van der Waals surface area contributed by atoms with Crippen molar-refractivity contribution in [2.45, 2.75) is 24.7 Å². The van der Waals surface area contributed by atoms with Gasteiger partial charge >= 0.3 is 0 Å². The van der Waals surface area contributed by atoms with Gasteiger partial charge in [0.05, 0.1) is 4.92 Å². The number of nitrogens with zero attached hydrogens (tertiary/aromatic N) is 3. The van der Waals surface area contributed by atoms with E-state index in [1.165, 1.54) is 16.8 Å². The highest BCUT2D eigenvalue weighted by Gasteiger charge is 2.48. The fourth-order valence-corrected chi connectivity index (χ4v) is 5.95. The molecule has 1 aliphatic carbocycles. The summed E-state index contributed by atoms with van der Waals surface area (Å²) in [6.45, 7) is 6.71. The molecule has 0 saturated carbocycles. The minimum Gasteiger partial charge on any atom is -0.508 e. The zero-order chi connectivity index (χ0) is 21.8. The van der Waals surface area contributed by atoms with Crippen molar-refractivity contribution in [3.05, 3.63) is 82.1 Å². The molecule has 0 spiro atoms. The maximum atomic E-state index is 11.4. The molecule has 6 nitrogen and oxygen atoms in total. The lowest BCUT2D eigenvalue weighted by atomic mass is 9.58. The highest BCUT2D eigenvalue weighted by Crippen LogP contribution is 2.50. The van der Waals surface area contributed by atoms with E-state index < -0.39 is 0 Å². The van der Waals surface area contributed by atoms with Crippen molar-refractivity contribution in [1.82, 2.24) is 9.47 Å². The van der Waals surface area contributed by atoms with Gasteiger partial charge in [0, 0.05) is 54.3 Å². The highest BCUT2D eigenvalue weighted by atomic mass is 16.6. The first-order chi connectivity index (χ1) is 14.9. The summed E-state index contributed by atoms with van der Waals surface area (Å²) in [6, 6.07) is 12.9. The molecule has 5 rings (SSSR count). The van der Waals surface area contributed by atoms with Crippen molar-refractivity contribution in [2.24, 2.45) is 13.0 Å². The molecule has 1 aromatic heterocycles.